The molecular formula is C25H31N3O4S. The van der Waals surface area contributed by atoms with Crippen molar-refractivity contribution in [2.45, 2.75) is 39.3 Å². The smallest absolute Gasteiger partial charge is 0.234 e. The summed E-state index contributed by atoms with van der Waals surface area (Å²) in [5.41, 5.74) is 1.79. The molecule has 2 aromatic rings. The van der Waals surface area contributed by atoms with Crippen LogP contribution in [0.1, 0.15) is 39.2 Å². The van der Waals surface area contributed by atoms with E-state index in [0.717, 1.165) is 34.9 Å². The van der Waals surface area contributed by atoms with Gasteiger partial charge in [0.25, 0.3) is 0 Å². The van der Waals surface area contributed by atoms with E-state index in [-0.39, 0.29) is 11.7 Å². The average Bonchev–Trinajstić information content (AvgIpc) is 3.12. The lowest BCUT2D eigenvalue weighted by Gasteiger charge is -2.10. The van der Waals surface area contributed by atoms with Gasteiger partial charge in [-0.15, -0.1) is 0 Å². The molecule has 0 aliphatic carbocycles. The highest BCUT2D eigenvalue weighted by Crippen LogP contribution is 2.29. The van der Waals surface area contributed by atoms with Crippen LogP contribution in [0.25, 0.3) is 0 Å². The van der Waals surface area contributed by atoms with E-state index < -0.39 is 5.66 Å². The van der Waals surface area contributed by atoms with Crippen molar-refractivity contribution in [1.29, 1.82) is 0 Å². The summed E-state index contributed by atoms with van der Waals surface area (Å²) in [7, 11) is 3.14. The number of nitrogens with zero attached hydrogens (tertiary/aromatic N) is 2. The number of rotatable bonds is 10. The van der Waals surface area contributed by atoms with Gasteiger partial charge in [0.1, 0.15) is 28.0 Å². The van der Waals surface area contributed by atoms with Gasteiger partial charge in [-0.05, 0) is 44.5 Å². The lowest BCUT2D eigenvalue weighted by Crippen LogP contribution is -2.18. The molecule has 0 saturated heterocycles. The van der Waals surface area contributed by atoms with Crippen LogP contribution in [-0.2, 0) is 4.79 Å². The molecule has 1 N–H and O–H groups in total. The number of carbonyl (C=O) groups excluding carboxylic acids is 1. The molecule has 1 aliphatic heterocycles. The van der Waals surface area contributed by atoms with Gasteiger partial charge in [0.05, 0.1) is 32.3 Å². The molecule has 0 unspecified atom stereocenters. The highest BCUT2D eigenvalue weighted by atomic mass is 32.2. The van der Waals surface area contributed by atoms with Gasteiger partial charge in [-0.1, -0.05) is 25.1 Å². The molecular weight excluding hydrogens is 438 g/mol. The predicted octanol–water partition coefficient (Wildman–Crippen LogP) is 5.19. The van der Waals surface area contributed by atoms with Gasteiger partial charge in [0, 0.05) is 29.4 Å². The standard InChI is InChI=1S/C25H31N3O4S/c1-6-7-12-32-19-10-8-17(9-11-19)23-24(28-25(2,3)27-23)33-16-22(29)26-18-13-20(30-4)15-21(14-18)31-5/h8-11,13-15H,6-7,12,16H2,1-5H3,(H,26,29). The van der Waals surface area contributed by atoms with Gasteiger partial charge in [-0.2, -0.15) is 0 Å². The fraction of sp³-hybridized carbons (Fsp3) is 0.400. The van der Waals surface area contributed by atoms with Crippen molar-refractivity contribution in [3.63, 3.8) is 0 Å². The Morgan fingerprint density at radius 2 is 1.67 bits per heavy atom. The number of hydrogen-bond acceptors (Lipinski definition) is 7. The highest BCUT2D eigenvalue weighted by molar-refractivity contribution is 8.16. The summed E-state index contributed by atoms with van der Waals surface area (Å²) in [6, 6.07) is 13.1. The van der Waals surface area contributed by atoms with Crippen LogP contribution in [0.3, 0.4) is 0 Å². The zero-order valence-corrected chi connectivity index (χ0v) is 20.6. The quantitative estimate of drug-likeness (QED) is 0.484. The zero-order valence-electron chi connectivity index (χ0n) is 19.8. The molecule has 1 aliphatic rings. The van der Waals surface area contributed by atoms with Gasteiger partial charge in [-0.3, -0.25) is 9.79 Å². The fourth-order valence-electron chi connectivity index (χ4n) is 3.19. The van der Waals surface area contributed by atoms with Gasteiger partial charge >= 0.3 is 0 Å². The van der Waals surface area contributed by atoms with Crippen molar-refractivity contribution < 1.29 is 19.0 Å². The number of carbonyl (C=O) groups is 1. The first-order valence-electron chi connectivity index (χ1n) is 10.9. The van der Waals surface area contributed by atoms with Gasteiger partial charge < -0.3 is 19.5 Å². The number of ether oxygens (including phenoxy) is 3. The summed E-state index contributed by atoms with van der Waals surface area (Å²) in [5.74, 6) is 2.10. The Kier molecular flexibility index (Phi) is 8.38. The average molecular weight is 470 g/mol. The van der Waals surface area contributed by atoms with Gasteiger partial charge in [0.15, 0.2) is 0 Å². The summed E-state index contributed by atoms with van der Waals surface area (Å²) in [4.78, 5) is 22.1. The first-order valence-corrected chi connectivity index (χ1v) is 11.9. The van der Waals surface area contributed by atoms with Crippen LogP contribution in [0.2, 0.25) is 0 Å². The molecule has 33 heavy (non-hydrogen) atoms. The molecule has 8 heteroatoms. The molecule has 0 atom stereocenters. The molecule has 0 spiro atoms. The molecule has 1 amide bonds. The Labute approximate surface area is 199 Å². The fourth-order valence-corrected chi connectivity index (χ4v) is 4.12. The maximum Gasteiger partial charge on any atom is 0.234 e. The largest absolute Gasteiger partial charge is 0.497 e. The monoisotopic (exact) mass is 469 g/mol. The van der Waals surface area contributed by atoms with Crippen molar-refractivity contribution in [3.8, 4) is 17.2 Å². The number of hydrogen-bond donors (Lipinski definition) is 1. The molecule has 176 valence electrons. The van der Waals surface area contributed by atoms with Crippen LogP contribution in [-0.4, -0.2) is 48.9 Å². The van der Waals surface area contributed by atoms with Crippen LogP contribution >= 0.6 is 11.8 Å². The van der Waals surface area contributed by atoms with E-state index in [0.29, 0.717) is 23.8 Å². The first kappa shape index (κ1) is 24.6. The Balaban J connectivity index is 1.65. The van der Waals surface area contributed by atoms with E-state index in [1.165, 1.54) is 11.8 Å². The van der Waals surface area contributed by atoms with Crippen LogP contribution in [0.5, 0.6) is 17.2 Å². The number of nitrogens with one attached hydrogen (secondary N) is 1. The summed E-state index contributed by atoms with van der Waals surface area (Å²) in [5, 5.41) is 3.64. The molecule has 0 radical (unpaired) electrons. The van der Waals surface area contributed by atoms with Gasteiger partial charge in [0.2, 0.25) is 5.91 Å². The van der Waals surface area contributed by atoms with Gasteiger partial charge in [-0.25, -0.2) is 4.99 Å². The van der Waals surface area contributed by atoms with Crippen LogP contribution in [0.4, 0.5) is 5.69 Å². The minimum absolute atomic E-state index is 0.151. The molecule has 0 bridgehead atoms. The summed E-state index contributed by atoms with van der Waals surface area (Å²) in [6.45, 7) is 6.75. The topological polar surface area (TPSA) is 81.5 Å². The second-order valence-corrected chi connectivity index (χ2v) is 9.00. The van der Waals surface area contributed by atoms with Crippen molar-refractivity contribution in [2.24, 2.45) is 9.98 Å². The zero-order chi connectivity index (χ0) is 23.8. The first-order chi connectivity index (χ1) is 15.8. The van der Waals surface area contributed by atoms with Crippen molar-refractivity contribution in [1.82, 2.24) is 0 Å². The number of anilines is 1. The van der Waals surface area contributed by atoms with E-state index in [9.17, 15) is 4.79 Å². The molecule has 0 saturated carbocycles. The summed E-state index contributed by atoms with van der Waals surface area (Å²) in [6.07, 6.45) is 2.13. The molecule has 3 rings (SSSR count). The highest BCUT2D eigenvalue weighted by Gasteiger charge is 2.28. The minimum Gasteiger partial charge on any atom is -0.497 e. The SMILES string of the molecule is CCCCOc1ccc(C2=NC(C)(C)N=C2SCC(=O)Nc2cc(OC)cc(OC)c2)cc1. The third-order valence-corrected chi connectivity index (χ3v) is 5.80. The summed E-state index contributed by atoms with van der Waals surface area (Å²) < 4.78 is 16.3. The number of methoxy groups -OCH3 is 2. The Morgan fingerprint density at radius 1 is 1.00 bits per heavy atom. The minimum atomic E-state index is -0.565. The molecule has 0 aromatic heterocycles. The number of unbranched alkanes of at least 4 members (excludes halogenated alkanes) is 1. The van der Waals surface area contributed by atoms with E-state index in [2.05, 4.69) is 12.2 Å². The molecule has 1 heterocycles. The van der Waals surface area contributed by atoms with Crippen molar-refractivity contribution >= 4 is 34.1 Å². The Morgan fingerprint density at radius 3 is 2.27 bits per heavy atom. The second kappa shape index (κ2) is 11.2. The Bertz CT molecular complexity index is 1010. The van der Waals surface area contributed by atoms with E-state index in [4.69, 9.17) is 24.2 Å². The normalized spacial score (nSPS) is 14.3. The van der Waals surface area contributed by atoms with E-state index in [1.54, 1.807) is 32.4 Å². The van der Waals surface area contributed by atoms with Crippen molar-refractivity contribution in [2.75, 3.05) is 31.9 Å². The Hall–Kier alpha value is -3.00. The molecule has 7 nitrogen and oxygen atoms in total. The van der Waals surface area contributed by atoms with Crippen LogP contribution in [0, 0.1) is 0 Å². The molecule has 2 aromatic carbocycles. The third kappa shape index (κ3) is 6.99. The maximum atomic E-state index is 12.6. The van der Waals surface area contributed by atoms with E-state index in [1.807, 2.05) is 38.1 Å². The second-order valence-electron chi connectivity index (χ2n) is 8.04. The van der Waals surface area contributed by atoms with Crippen LogP contribution in [0.15, 0.2) is 52.4 Å². The van der Waals surface area contributed by atoms with E-state index >= 15 is 0 Å². The number of thioether (sulfide) groups is 1. The molecule has 0 fully saturated rings. The number of benzene rings is 2. The summed E-state index contributed by atoms with van der Waals surface area (Å²) >= 11 is 1.37. The maximum absolute atomic E-state index is 12.6. The predicted molar refractivity (Wildman–Crippen MR) is 136 cm³/mol. The lowest BCUT2D eigenvalue weighted by atomic mass is 10.1. The van der Waals surface area contributed by atoms with Crippen molar-refractivity contribution in [3.05, 3.63) is 48.0 Å². The third-order valence-electron chi connectivity index (χ3n) is 4.83. The number of amides is 1. The number of aliphatic imine (C=N–C) groups is 2. The lowest BCUT2D eigenvalue weighted by molar-refractivity contribution is -0.113. The van der Waals surface area contributed by atoms with Crippen LogP contribution < -0.4 is 19.5 Å².